The molecule has 1 unspecified atom stereocenters. The Bertz CT molecular complexity index is 863. The van der Waals surface area contributed by atoms with Gasteiger partial charge in [-0.15, -0.1) is 0 Å². The minimum atomic E-state index is -0.0550. The lowest BCUT2D eigenvalue weighted by atomic mass is 10.1. The highest BCUT2D eigenvalue weighted by atomic mass is 16.6. The van der Waals surface area contributed by atoms with Gasteiger partial charge < -0.3 is 13.9 Å². The Labute approximate surface area is 126 Å². The number of hydrogen-bond acceptors (Lipinski definition) is 4. The third-order valence-corrected chi connectivity index (χ3v) is 3.67. The summed E-state index contributed by atoms with van der Waals surface area (Å²) in [5.74, 6) is 0.574. The third kappa shape index (κ3) is 2.38. The van der Waals surface area contributed by atoms with Crippen LogP contribution >= 0.6 is 0 Å². The van der Waals surface area contributed by atoms with Gasteiger partial charge in [0.05, 0.1) is 17.6 Å². The molecule has 0 spiro atoms. The first-order valence-electron chi connectivity index (χ1n) is 7.17. The second-order valence-corrected chi connectivity index (χ2v) is 5.24. The fraction of sp³-hybridized carbons (Fsp3) is 0.167. The van der Waals surface area contributed by atoms with Crippen LogP contribution in [-0.2, 0) is 4.74 Å². The van der Waals surface area contributed by atoms with Crippen molar-refractivity contribution in [2.45, 2.75) is 6.10 Å². The summed E-state index contributed by atoms with van der Waals surface area (Å²) in [7, 11) is 0. The Balaban J connectivity index is 1.80. The van der Waals surface area contributed by atoms with Crippen LogP contribution in [0, 0.1) is 0 Å². The molecule has 3 aromatic rings. The maximum Gasteiger partial charge on any atom is 0.200 e. The first-order valence-corrected chi connectivity index (χ1v) is 7.17. The van der Waals surface area contributed by atoms with Crippen molar-refractivity contribution in [1.82, 2.24) is 0 Å². The van der Waals surface area contributed by atoms with Crippen molar-refractivity contribution >= 4 is 11.0 Å². The number of para-hydroxylation sites is 1. The van der Waals surface area contributed by atoms with E-state index in [4.69, 9.17) is 13.9 Å². The molecule has 0 amide bonds. The van der Waals surface area contributed by atoms with Gasteiger partial charge in [-0.05, 0) is 17.7 Å². The molecule has 0 bridgehead atoms. The molecule has 1 fully saturated rings. The quantitative estimate of drug-likeness (QED) is 0.693. The summed E-state index contributed by atoms with van der Waals surface area (Å²) in [5.41, 5.74) is 1.82. The van der Waals surface area contributed by atoms with E-state index in [9.17, 15) is 4.79 Å². The van der Waals surface area contributed by atoms with E-state index in [1.807, 2.05) is 30.3 Å². The first-order chi connectivity index (χ1) is 10.8. The van der Waals surface area contributed by atoms with Crippen molar-refractivity contribution in [1.29, 1.82) is 0 Å². The van der Waals surface area contributed by atoms with Gasteiger partial charge in [0.2, 0.25) is 5.43 Å². The predicted octanol–water partition coefficient (Wildman–Crippen LogP) is 3.24. The molecule has 2 aromatic carbocycles. The van der Waals surface area contributed by atoms with Gasteiger partial charge in [0.1, 0.15) is 19.0 Å². The third-order valence-electron chi connectivity index (χ3n) is 3.67. The lowest BCUT2D eigenvalue weighted by molar-refractivity contribution is 0.262. The molecule has 1 aliphatic heterocycles. The van der Waals surface area contributed by atoms with Gasteiger partial charge in [-0.25, -0.2) is 0 Å². The van der Waals surface area contributed by atoms with Crippen molar-refractivity contribution in [3.05, 3.63) is 65.0 Å². The summed E-state index contributed by atoms with van der Waals surface area (Å²) in [6.07, 6.45) is 1.66. The van der Waals surface area contributed by atoms with E-state index in [2.05, 4.69) is 0 Å². The van der Waals surface area contributed by atoms with Gasteiger partial charge in [-0.3, -0.25) is 4.79 Å². The second kappa shape index (κ2) is 5.31. The zero-order chi connectivity index (χ0) is 14.9. The number of fused-ring (bicyclic) bond motifs is 1. The molecule has 4 heteroatoms. The highest BCUT2D eigenvalue weighted by Gasteiger charge is 2.23. The molecule has 0 radical (unpaired) electrons. The fourth-order valence-corrected chi connectivity index (χ4v) is 2.41. The highest BCUT2D eigenvalue weighted by Crippen LogP contribution is 2.27. The molecule has 4 nitrogen and oxygen atoms in total. The van der Waals surface area contributed by atoms with E-state index in [1.165, 1.54) is 6.26 Å². The number of rotatable bonds is 4. The molecule has 1 aliphatic rings. The minimum Gasteiger partial charge on any atom is -0.487 e. The van der Waals surface area contributed by atoms with Crippen LogP contribution in [0.2, 0.25) is 0 Å². The van der Waals surface area contributed by atoms with Gasteiger partial charge >= 0.3 is 0 Å². The maximum absolute atomic E-state index is 12.7. The summed E-state index contributed by atoms with van der Waals surface area (Å²) in [5, 5.41) is 0.524. The van der Waals surface area contributed by atoms with Crippen molar-refractivity contribution in [2.24, 2.45) is 0 Å². The molecule has 22 heavy (non-hydrogen) atoms. The van der Waals surface area contributed by atoms with Crippen LogP contribution in [0.5, 0.6) is 5.75 Å². The summed E-state index contributed by atoms with van der Waals surface area (Å²) < 4.78 is 16.5. The zero-order valence-corrected chi connectivity index (χ0v) is 11.8. The van der Waals surface area contributed by atoms with E-state index in [0.29, 0.717) is 28.9 Å². The van der Waals surface area contributed by atoms with Crippen molar-refractivity contribution in [2.75, 3.05) is 13.2 Å². The van der Waals surface area contributed by atoms with Crippen LogP contribution in [0.4, 0.5) is 0 Å². The fourth-order valence-electron chi connectivity index (χ4n) is 2.41. The summed E-state index contributed by atoms with van der Waals surface area (Å²) in [4.78, 5) is 12.7. The lowest BCUT2D eigenvalue weighted by Gasteiger charge is -2.08. The topological polar surface area (TPSA) is 52.0 Å². The normalized spacial score (nSPS) is 16.6. The molecule has 1 atom stereocenters. The van der Waals surface area contributed by atoms with Crippen LogP contribution < -0.4 is 10.2 Å². The summed E-state index contributed by atoms with van der Waals surface area (Å²) in [6, 6.07) is 14.9. The SMILES string of the molecule is O=c1c(-c2ccccc2)coc2c(OCC3CO3)cccc12. The van der Waals surface area contributed by atoms with Crippen molar-refractivity contribution in [3.63, 3.8) is 0 Å². The van der Waals surface area contributed by atoms with Crippen LogP contribution in [0.3, 0.4) is 0 Å². The Morgan fingerprint density at radius 3 is 2.68 bits per heavy atom. The van der Waals surface area contributed by atoms with E-state index < -0.39 is 0 Å². The van der Waals surface area contributed by atoms with Crippen LogP contribution in [-0.4, -0.2) is 19.3 Å². The highest BCUT2D eigenvalue weighted by molar-refractivity contribution is 5.85. The second-order valence-electron chi connectivity index (χ2n) is 5.24. The first kappa shape index (κ1) is 13.1. The van der Waals surface area contributed by atoms with E-state index in [1.54, 1.807) is 18.2 Å². The molecule has 0 saturated carbocycles. The van der Waals surface area contributed by atoms with E-state index in [-0.39, 0.29) is 11.5 Å². The monoisotopic (exact) mass is 294 g/mol. The molecule has 2 heterocycles. The zero-order valence-electron chi connectivity index (χ0n) is 11.8. The average molecular weight is 294 g/mol. The number of ether oxygens (including phenoxy) is 2. The van der Waals surface area contributed by atoms with Gasteiger partial charge in [0.25, 0.3) is 0 Å². The van der Waals surface area contributed by atoms with Gasteiger partial charge in [-0.2, -0.15) is 0 Å². The standard InChI is InChI=1S/C18H14O4/c19-17-14-7-4-8-16(21-10-13-9-20-13)18(14)22-11-15(17)12-5-2-1-3-6-12/h1-8,11,13H,9-10H2. The smallest absolute Gasteiger partial charge is 0.200 e. The maximum atomic E-state index is 12.7. The van der Waals surface area contributed by atoms with Crippen molar-refractivity contribution < 1.29 is 13.9 Å². The molecule has 1 saturated heterocycles. The molecule has 0 aliphatic carbocycles. The molecule has 1 aromatic heterocycles. The average Bonchev–Trinajstić information content (AvgIpc) is 3.39. The number of hydrogen-bond donors (Lipinski definition) is 0. The molecule has 4 rings (SSSR count). The van der Waals surface area contributed by atoms with Crippen LogP contribution in [0.15, 0.2) is 64.0 Å². The Morgan fingerprint density at radius 2 is 1.91 bits per heavy atom. The molecular weight excluding hydrogens is 280 g/mol. The van der Waals surface area contributed by atoms with E-state index >= 15 is 0 Å². The van der Waals surface area contributed by atoms with Gasteiger partial charge in [-0.1, -0.05) is 36.4 Å². The molecule has 110 valence electrons. The number of benzene rings is 2. The van der Waals surface area contributed by atoms with Crippen molar-refractivity contribution in [3.8, 4) is 16.9 Å². The van der Waals surface area contributed by atoms with Gasteiger partial charge in [0.15, 0.2) is 11.3 Å². The summed E-state index contributed by atoms with van der Waals surface area (Å²) in [6.45, 7) is 1.20. The largest absolute Gasteiger partial charge is 0.487 e. The predicted molar refractivity (Wildman–Crippen MR) is 83.2 cm³/mol. The number of epoxide rings is 1. The Hall–Kier alpha value is -2.59. The van der Waals surface area contributed by atoms with Crippen LogP contribution in [0.25, 0.3) is 22.1 Å². The Kier molecular flexibility index (Phi) is 3.16. The minimum absolute atomic E-state index is 0.0550. The Morgan fingerprint density at radius 1 is 1.09 bits per heavy atom. The lowest BCUT2D eigenvalue weighted by Crippen LogP contribution is -2.07. The molecule has 0 N–H and O–H groups in total. The molecular formula is C18H14O4. The van der Waals surface area contributed by atoms with E-state index in [0.717, 1.165) is 12.2 Å². The van der Waals surface area contributed by atoms with Crippen LogP contribution in [0.1, 0.15) is 0 Å². The summed E-state index contributed by atoms with van der Waals surface area (Å²) >= 11 is 0. The van der Waals surface area contributed by atoms with Gasteiger partial charge in [0, 0.05) is 0 Å².